The Morgan fingerprint density at radius 2 is 1.73 bits per heavy atom. The average molecular weight is 414 g/mol. The summed E-state index contributed by atoms with van der Waals surface area (Å²) in [6.07, 6.45) is 0. The maximum atomic E-state index is 12.6. The Morgan fingerprint density at radius 1 is 1.03 bits per heavy atom. The summed E-state index contributed by atoms with van der Waals surface area (Å²) in [5.41, 5.74) is 2.70. The van der Waals surface area contributed by atoms with Crippen LogP contribution in [0.4, 0.5) is 0 Å². The molecule has 2 N–H and O–H groups in total. The average Bonchev–Trinajstić information content (AvgIpc) is 2.70. The van der Waals surface area contributed by atoms with Crippen LogP contribution in [0.1, 0.15) is 35.3 Å². The third-order valence-electron chi connectivity index (χ3n) is 4.28. The van der Waals surface area contributed by atoms with E-state index in [2.05, 4.69) is 21.6 Å². The van der Waals surface area contributed by atoms with Gasteiger partial charge in [-0.25, -0.2) is 0 Å². The van der Waals surface area contributed by atoms with Crippen molar-refractivity contribution in [1.82, 2.24) is 15.5 Å². The Bertz CT molecular complexity index is 865. The topological polar surface area (TPSA) is 79.9 Å². The number of carbonyl (C=O) groups excluding carboxylic acids is 2. The van der Waals surface area contributed by atoms with Gasteiger partial charge >= 0.3 is 0 Å². The van der Waals surface area contributed by atoms with Crippen molar-refractivity contribution in [1.29, 1.82) is 0 Å². The Morgan fingerprint density at radius 3 is 2.37 bits per heavy atom. The predicted molar refractivity (Wildman–Crippen MR) is 117 cm³/mol. The third kappa shape index (κ3) is 7.08. The first-order valence-corrected chi connectivity index (χ1v) is 9.90. The molecule has 0 saturated heterocycles. The largest absolute Gasteiger partial charge is 0.493 e. The second-order valence-electron chi connectivity index (χ2n) is 7.57. The summed E-state index contributed by atoms with van der Waals surface area (Å²) in [4.78, 5) is 26.5. The standard InChI is InChI=1S/C23H31N3O4/c1-16(2)25-22(27)15-30-20-11-10-17(12-21(20)29-5)23(28)24-13-18-8-6-7-9-19(18)14-26(3)4/h6-12,16H,13-15H2,1-5H3,(H,24,28)(H,25,27). The molecule has 0 fully saturated rings. The van der Waals surface area contributed by atoms with E-state index in [-0.39, 0.29) is 24.5 Å². The van der Waals surface area contributed by atoms with Gasteiger partial charge in [-0.1, -0.05) is 24.3 Å². The lowest BCUT2D eigenvalue weighted by Gasteiger charge is -2.15. The van der Waals surface area contributed by atoms with E-state index in [1.807, 2.05) is 46.1 Å². The number of methoxy groups -OCH3 is 1. The van der Waals surface area contributed by atoms with Gasteiger partial charge in [0.25, 0.3) is 11.8 Å². The van der Waals surface area contributed by atoms with Crippen molar-refractivity contribution in [2.24, 2.45) is 0 Å². The highest BCUT2D eigenvalue weighted by Gasteiger charge is 2.13. The number of nitrogens with one attached hydrogen (secondary N) is 2. The van der Waals surface area contributed by atoms with E-state index >= 15 is 0 Å². The second kappa shape index (κ2) is 11.2. The van der Waals surface area contributed by atoms with Crippen LogP contribution >= 0.6 is 0 Å². The molecule has 0 aliphatic carbocycles. The molecule has 0 atom stereocenters. The van der Waals surface area contributed by atoms with Gasteiger partial charge < -0.3 is 25.0 Å². The van der Waals surface area contributed by atoms with Crippen LogP contribution in [0.15, 0.2) is 42.5 Å². The number of carbonyl (C=O) groups is 2. The SMILES string of the molecule is COc1cc(C(=O)NCc2ccccc2CN(C)C)ccc1OCC(=O)NC(C)C. The van der Waals surface area contributed by atoms with Crippen LogP contribution in [0.3, 0.4) is 0 Å². The molecular weight excluding hydrogens is 382 g/mol. The molecule has 0 aliphatic heterocycles. The van der Waals surface area contributed by atoms with Gasteiger partial charge in [-0.3, -0.25) is 9.59 Å². The molecule has 0 aromatic heterocycles. The van der Waals surface area contributed by atoms with Gasteiger partial charge in [-0.05, 0) is 57.3 Å². The number of ether oxygens (including phenoxy) is 2. The summed E-state index contributed by atoms with van der Waals surface area (Å²) in [6, 6.07) is 13.0. The zero-order valence-corrected chi connectivity index (χ0v) is 18.3. The van der Waals surface area contributed by atoms with Crippen LogP contribution < -0.4 is 20.1 Å². The second-order valence-corrected chi connectivity index (χ2v) is 7.57. The fraction of sp³-hybridized carbons (Fsp3) is 0.391. The molecule has 2 amide bonds. The minimum atomic E-state index is -0.217. The Hall–Kier alpha value is -3.06. The van der Waals surface area contributed by atoms with E-state index in [0.717, 1.165) is 12.1 Å². The van der Waals surface area contributed by atoms with E-state index in [9.17, 15) is 9.59 Å². The molecule has 2 aromatic carbocycles. The monoisotopic (exact) mass is 413 g/mol. The van der Waals surface area contributed by atoms with E-state index in [1.165, 1.54) is 12.7 Å². The molecule has 0 radical (unpaired) electrons. The Balaban J connectivity index is 2.02. The Kier molecular flexibility index (Phi) is 8.68. The van der Waals surface area contributed by atoms with Gasteiger partial charge in [0.1, 0.15) is 0 Å². The molecule has 0 unspecified atom stereocenters. The van der Waals surface area contributed by atoms with Gasteiger partial charge in [0, 0.05) is 24.7 Å². The van der Waals surface area contributed by atoms with E-state index in [4.69, 9.17) is 9.47 Å². The summed E-state index contributed by atoms with van der Waals surface area (Å²) in [5.74, 6) is 0.375. The summed E-state index contributed by atoms with van der Waals surface area (Å²) in [7, 11) is 5.52. The molecule has 0 aliphatic rings. The first-order valence-electron chi connectivity index (χ1n) is 9.90. The predicted octanol–water partition coefficient (Wildman–Crippen LogP) is 2.59. The Labute approximate surface area is 178 Å². The highest BCUT2D eigenvalue weighted by atomic mass is 16.5. The zero-order chi connectivity index (χ0) is 22.1. The first kappa shape index (κ1) is 23.2. The number of rotatable bonds is 10. The number of benzene rings is 2. The van der Waals surface area contributed by atoms with Crippen LogP contribution in [-0.2, 0) is 17.9 Å². The molecule has 0 saturated carbocycles. The van der Waals surface area contributed by atoms with Crippen LogP contribution in [0.2, 0.25) is 0 Å². The summed E-state index contributed by atoms with van der Waals surface area (Å²) < 4.78 is 10.9. The molecule has 30 heavy (non-hydrogen) atoms. The molecule has 2 aromatic rings. The molecule has 7 nitrogen and oxygen atoms in total. The molecule has 0 spiro atoms. The molecule has 0 heterocycles. The lowest BCUT2D eigenvalue weighted by atomic mass is 10.1. The normalized spacial score (nSPS) is 10.8. The van der Waals surface area contributed by atoms with Gasteiger partial charge in [0.05, 0.1) is 7.11 Å². The van der Waals surface area contributed by atoms with Crippen molar-refractivity contribution in [2.45, 2.75) is 33.0 Å². The highest BCUT2D eigenvalue weighted by Crippen LogP contribution is 2.28. The first-order chi connectivity index (χ1) is 14.3. The fourth-order valence-electron chi connectivity index (χ4n) is 2.94. The number of nitrogens with zero attached hydrogens (tertiary/aromatic N) is 1. The summed E-state index contributed by atoms with van der Waals surface area (Å²) >= 11 is 0. The van der Waals surface area contributed by atoms with Gasteiger partial charge in [0.2, 0.25) is 0 Å². The van der Waals surface area contributed by atoms with E-state index in [0.29, 0.717) is 23.6 Å². The van der Waals surface area contributed by atoms with Gasteiger partial charge in [-0.2, -0.15) is 0 Å². The molecule has 0 bridgehead atoms. The van der Waals surface area contributed by atoms with Gasteiger partial charge in [0.15, 0.2) is 18.1 Å². The van der Waals surface area contributed by atoms with Crippen LogP contribution in [0.5, 0.6) is 11.5 Å². The molecule has 162 valence electrons. The smallest absolute Gasteiger partial charge is 0.258 e. The lowest BCUT2D eigenvalue weighted by molar-refractivity contribution is -0.123. The minimum absolute atomic E-state index is 0.0388. The number of hydrogen-bond donors (Lipinski definition) is 2. The molecule has 2 rings (SSSR count). The van der Waals surface area contributed by atoms with E-state index < -0.39 is 0 Å². The quantitative estimate of drug-likeness (QED) is 0.626. The van der Waals surface area contributed by atoms with Crippen molar-refractivity contribution in [2.75, 3.05) is 27.8 Å². The molecular formula is C23H31N3O4. The van der Waals surface area contributed by atoms with Crippen LogP contribution in [0.25, 0.3) is 0 Å². The molecule has 7 heteroatoms. The van der Waals surface area contributed by atoms with Crippen molar-refractivity contribution in [3.8, 4) is 11.5 Å². The summed E-state index contributed by atoms with van der Waals surface area (Å²) in [5, 5.41) is 5.71. The lowest BCUT2D eigenvalue weighted by Crippen LogP contribution is -2.34. The fourth-order valence-corrected chi connectivity index (χ4v) is 2.94. The summed E-state index contributed by atoms with van der Waals surface area (Å²) in [6.45, 7) is 4.87. The maximum absolute atomic E-state index is 12.6. The highest BCUT2D eigenvalue weighted by molar-refractivity contribution is 5.94. The van der Waals surface area contributed by atoms with Crippen LogP contribution in [0, 0.1) is 0 Å². The van der Waals surface area contributed by atoms with Crippen molar-refractivity contribution >= 4 is 11.8 Å². The van der Waals surface area contributed by atoms with E-state index in [1.54, 1.807) is 18.2 Å². The zero-order valence-electron chi connectivity index (χ0n) is 18.3. The van der Waals surface area contributed by atoms with Crippen molar-refractivity contribution in [3.63, 3.8) is 0 Å². The van der Waals surface area contributed by atoms with Crippen LogP contribution in [-0.4, -0.2) is 50.6 Å². The number of hydrogen-bond acceptors (Lipinski definition) is 5. The van der Waals surface area contributed by atoms with Crippen molar-refractivity contribution in [3.05, 3.63) is 59.2 Å². The third-order valence-corrected chi connectivity index (χ3v) is 4.28. The maximum Gasteiger partial charge on any atom is 0.258 e. The number of amides is 2. The van der Waals surface area contributed by atoms with Crippen molar-refractivity contribution < 1.29 is 19.1 Å². The minimum Gasteiger partial charge on any atom is -0.493 e. The van der Waals surface area contributed by atoms with Gasteiger partial charge in [-0.15, -0.1) is 0 Å².